The van der Waals surface area contributed by atoms with Crippen molar-refractivity contribution in [1.82, 2.24) is 10.2 Å². The molecule has 0 saturated heterocycles. The van der Waals surface area contributed by atoms with E-state index in [2.05, 4.69) is 66.5 Å². The van der Waals surface area contributed by atoms with Crippen LogP contribution in [0.2, 0.25) is 0 Å². The highest BCUT2D eigenvalue weighted by Crippen LogP contribution is 2.29. The number of aromatic amines is 1. The van der Waals surface area contributed by atoms with E-state index in [0.29, 0.717) is 0 Å². The molecule has 0 aliphatic carbocycles. The van der Waals surface area contributed by atoms with Gasteiger partial charge in [-0.3, -0.25) is 5.10 Å². The number of allylic oxidation sites excluding steroid dienone is 1. The van der Waals surface area contributed by atoms with Gasteiger partial charge in [-0.1, -0.05) is 49.4 Å². The van der Waals surface area contributed by atoms with E-state index < -0.39 is 0 Å². The molecule has 0 atom stereocenters. The molecule has 0 spiro atoms. The number of hydrogen-bond acceptors (Lipinski definition) is 2. The van der Waals surface area contributed by atoms with Crippen LogP contribution in [0, 0.1) is 6.92 Å². The lowest BCUT2D eigenvalue weighted by Gasteiger charge is -2.11. The fourth-order valence-corrected chi connectivity index (χ4v) is 3.20. The summed E-state index contributed by atoms with van der Waals surface area (Å²) >= 11 is 0. The zero-order valence-corrected chi connectivity index (χ0v) is 15.6. The summed E-state index contributed by atoms with van der Waals surface area (Å²) in [5.74, 6) is 1.74. The Kier molecular flexibility index (Phi) is 4.75. The predicted molar refractivity (Wildman–Crippen MR) is 112 cm³/mol. The molecule has 0 unspecified atom stereocenters. The van der Waals surface area contributed by atoms with Gasteiger partial charge in [0.25, 0.3) is 0 Å². The normalized spacial score (nSPS) is 11.7. The third kappa shape index (κ3) is 3.77. The second kappa shape index (κ2) is 7.50. The molecule has 0 fully saturated rings. The Hall–Kier alpha value is -3.33. The Morgan fingerprint density at radius 1 is 1.04 bits per heavy atom. The zero-order chi connectivity index (χ0) is 18.6. The molecule has 4 aromatic rings. The molecule has 27 heavy (non-hydrogen) atoms. The standard InChI is InChI=1S/C24H22N2O/c1-3-19(13-18-11-12-23-21(14-18)16-25-26-23)20-8-6-9-22(15-20)27-24-10-5-4-7-17(24)2/h4-16H,3H2,1-2H3,(H,25,26)/b19-13+. The van der Waals surface area contributed by atoms with E-state index in [0.717, 1.165) is 34.4 Å². The number of aromatic nitrogens is 2. The SMILES string of the molecule is CC/C(=C\c1ccc2[nH]ncc2c1)c1cccc(Oc2ccccc2C)c1. The fraction of sp³-hybridized carbons (Fsp3) is 0.125. The lowest BCUT2D eigenvalue weighted by molar-refractivity contribution is 0.479. The average Bonchev–Trinajstić information content (AvgIpc) is 3.16. The summed E-state index contributed by atoms with van der Waals surface area (Å²) in [5.41, 5.74) is 5.80. The maximum atomic E-state index is 6.10. The summed E-state index contributed by atoms with van der Waals surface area (Å²) in [6.07, 6.45) is 5.03. The topological polar surface area (TPSA) is 37.9 Å². The highest BCUT2D eigenvalue weighted by atomic mass is 16.5. The van der Waals surface area contributed by atoms with E-state index >= 15 is 0 Å². The number of rotatable bonds is 5. The number of para-hydroxylation sites is 1. The van der Waals surface area contributed by atoms with E-state index in [1.165, 1.54) is 16.7 Å². The van der Waals surface area contributed by atoms with Crippen molar-refractivity contribution in [3.05, 3.63) is 89.6 Å². The van der Waals surface area contributed by atoms with E-state index in [9.17, 15) is 0 Å². The van der Waals surface area contributed by atoms with Gasteiger partial charge in [0.2, 0.25) is 0 Å². The molecular formula is C24H22N2O. The van der Waals surface area contributed by atoms with Crippen molar-refractivity contribution >= 4 is 22.6 Å². The lowest BCUT2D eigenvalue weighted by Crippen LogP contribution is -1.89. The highest BCUT2D eigenvalue weighted by Gasteiger charge is 2.05. The first-order chi connectivity index (χ1) is 13.2. The molecule has 3 aromatic carbocycles. The number of nitrogens with one attached hydrogen (secondary N) is 1. The van der Waals surface area contributed by atoms with Crippen molar-refractivity contribution in [2.75, 3.05) is 0 Å². The Morgan fingerprint density at radius 3 is 2.78 bits per heavy atom. The van der Waals surface area contributed by atoms with Crippen LogP contribution >= 0.6 is 0 Å². The summed E-state index contributed by atoms with van der Waals surface area (Å²) in [5, 5.41) is 8.21. The molecule has 0 aliphatic heterocycles. The third-order valence-electron chi connectivity index (χ3n) is 4.71. The highest BCUT2D eigenvalue weighted by molar-refractivity contribution is 5.86. The van der Waals surface area contributed by atoms with Crippen LogP contribution in [0.5, 0.6) is 11.5 Å². The van der Waals surface area contributed by atoms with Gasteiger partial charge in [0, 0.05) is 5.39 Å². The molecule has 4 rings (SSSR count). The summed E-state index contributed by atoms with van der Waals surface area (Å²) in [7, 11) is 0. The van der Waals surface area contributed by atoms with E-state index in [-0.39, 0.29) is 0 Å². The molecule has 1 heterocycles. The molecule has 0 bridgehead atoms. The van der Waals surface area contributed by atoms with Crippen LogP contribution in [0.1, 0.15) is 30.0 Å². The summed E-state index contributed by atoms with van der Waals surface area (Å²) < 4.78 is 6.10. The summed E-state index contributed by atoms with van der Waals surface area (Å²) in [6, 6.07) is 22.7. The molecule has 0 aliphatic rings. The molecule has 3 nitrogen and oxygen atoms in total. The van der Waals surface area contributed by atoms with Crippen LogP contribution < -0.4 is 4.74 Å². The number of aryl methyl sites for hydroxylation is 1. The minimum atomic E-state index is 0.853. The molecular weight excluding hydrogens is 332 g/mol. The van der Waals surface area contributed by atoms with Crippen molar-refractivity contribution in [2.24, 2.45) is 0 Å². The van der Waals surface area contributed by atoms with Crippen molar-refractivity contribution < 1.29 is 4.74 Å². The van der Waals surface area contributed by atoms with Gasteiger partial charge in [-0.15, -0.1) is 0 Å². The van der Waals surface area contributed by atoms with Gasteiger partial charge < -0.3 is 4.74 Å². The molecule has 3 heteroatoms. The minimum Gasteiger partial charge on any atom is -0.457 e. The molecule has 134 valence electrons. The first kappa shape index (κ1) is 17.1. The fourth-order valence-electron chi connectivity index (χ4n) is 3.20. The van der Waals surface area contributed by atoms with Crippen LogP contribution in [0.4, 0.5) is 0 Å². The Balaban J connectivity index is 1.65. The first-order valence-electron chi connectivity index (χ1n) is 9.20. The maximum Gasteiger partial charge on any atom is 0.130 e. The van der Waals surface area contributed by atoms with Gasteiger partial charge in [0.05, 0.1) is 11.7 Å². The second-order valence-electron chi connectivity index (χ2n) is 6.64. The first-order valence-corrected chi connectivity index (χ1v) is 9.20. The van der Waals surface area contributed by atoms with Gasteiger partial charge in [-0.25, -0.2) is 0 Å². The number of hydrogen-bond donors (Lipinski definition) is 1. The van der Waals surface area contributed by atoms with Crippen molar-refractivity contribution in [3.8, 4) is 11.5 Å². The Morgan fingerprint density at radius 2 is 1.93 bits per heavy atom. The minimum absolute atomic E-state index is 0.853. The second-order valence-corrected chi connectivity index (χ2v) is 6.64. The molecule has 0 saturated carbocycles. The monoisotopic (exact) mass is 354 g/mol. The van der Waals surface area contributed by atoms with Gasteiger partial charge in [-0.05, 0) is 65.9 Å². The third-order valence-corrected chi connectivity index (χ3v) is 4.71. The van der Waals surface area contributed by atoms with E-state index in [1.807, 2.05) is 36.5 Å². The number of H-pyrrole nitrogens is 1. The van der Waals surface area contributed by atoms with Crippen molar-refractivity contribution in [2.45, 2.75) is 20.3 Å². The number of nitrogens with zero attached hydrogens (tertiary/aromatic N) is 1. The predicted octanol–water partition coefficient (Wildman–Crippen LogP) is 6.61. The van der Waals surface area contributed by atoms with Gasteiger partial charge in [-0.2, -0.15) is 5.10 Å². The van der Waals surface area contributed by atoms with Crippen LogP contribution in [0.25, 0.3) is 22.6 Å². The number of fused-ring (bicyclic) bond motifs is 1. The van der Waals surface area contributed by atoms with Crippen LogP contribution in [0.15, 0.2) is 72.9 Å². The maximum absolute atomic E-state index is 6.10. The summed E-state index contributed by atoms with van der Waals surface area (Å²) in [4.78, 5) is 0. The molecule has 0 radical (unpaired) electrons. The van der Waals surface area contributed by atoms with Gasteiger partial charge in [0.1, 0.15) is 11.5 Å². The zero-order valence-electron chi connectivity index (χ0n) is 15.6. The van der Waals surface area contributed by atoms with Gasteiger partial charge in [0.15, 0.2) is 0 Å². The Bertz CT molecular complexity index is 1110. The number of ether oxygens (including phenoxy) is 1. The molecule has 1 N–H and O–H groups in total. The smallest absolute Gasteiger partial charge is 0.130 e. The van der Waals surface area contributed by atoms with Gasteiger partial charge >= 0.3 is 0 Å². The van der Waals surface area contributed by atoms with Crippen molar-refractivity contribution in [3.63, 3.8) is 0 Å². The van der Waals surface area contributed by atoms with E-state index in [1.54, 1.807) is 0 Å². The van der Waals surface area contributed by atoms with Crippen LogP contribution in [-0.4, -0.2) is 10.2 Å². The Labute approximate surface area is 159 Å². The molecule has 0 amide bonds. The summed E-state index contributed by atoms with van der Waals surface area (Å²) in [6.45, 7) is 4.24. The largest absolute Gasteiger partial charge is 0.457 e. The van der Waals surface area contributed by atoms with E-state index in [4.69, 9.17) is 4.74 Å². The molecule has 1 aromatic heterocycles. The van der Waals surface area contributed by atoms with Crippen LogP contribution in [-0.2, 0) is 0 Å². The quantitative estimate of drug-likeness (QED) is 0.409. The lowest BCUT2D eigenvalue weighted by atomic mass is 10.00. The number of benzene rings is 3. The van der Waals surface area contributed by atoms with Crippen LogP contribution in [0.3, 0.4) is 0 Å². The van der Waals surface area contributed by atoms with Crippen molar-refractivity contribution in [1.29, 1.82) is 0 Å². The average molecular weight is 354 g/mol.